The Kier molecular flexibility index (Phi) is 6.36. The Balaban J connectivity index is 1.53. The normalized spacial score (nSPS) is 14.6. The Labute approximate surface area is 185 Å². The second kappa shape index (κ2) is 9.34. The van der Waals surface area contributed by atoms with E-state index >= 15 is 0 Å². The quantitative estimate of drug-likeness (QED) is 0.556. The van der Waals surface area contributed by atoms with Crippen LogP contribution in [0.15, 0.2) is 58.2 Å². The molecule has 1 fully saturated rings. The van der Waals surface area contributed by atoms with Crippen LogP contribution < -0.4 is 5.32 Å². The number of thioether (sulfide) groups is 1. The van der Waals surface area contributed by atoms with E-state index in [2.05, 4.69) is 15.5 Å². The molecule has 160 valence electrons. The van der Waals surface area contributed by atoms with Gasteiger partial charge in [0.15, 0.2) is 0 Å². The van der Waals surface area contributed by atoms with E-state index in [9.17, 15) is 9.59 Å². The van der Waals surface area contributed by atoms with Gasteiger partial charge >= 0.3 is 0 Å². The third kappa shape index (κ3) is 5.14. The molecule has 1 saturated heterocycles. The molecule has 1 aromatic heterocycles. The second-order valence-electron chi connectivity index (χ2n) is 7.60. The molecule has 0 aliphatic carbocycles. The number of aryl methyl sites for hydroxylation is 2. The highest BCUT2D eigenvalue weighted by molar-refractivity contribution is 8.00. The molecule has 7 nitrogen and oxygen atoms in total. The maximum Gasteiger partial charge on any atom is 0.277 e. The molecule has 3 aromatic rings. The molecule has 0 bridgehead atoms. The van der Waals surface area contributed by atoms with Crippen LogP contribution >= 0.6 is 11.8 Å². The van der Waals surface area contributed by atoms with Crippen LogP contribution in [0.2, 0.25) is 0 Å². The maximum atomic E-state index is 13.2. The molecule has 1 unspecified atom stereocenters. The monoisotopic (exact) mass is 436 g/mol. The molecule has 0 spiro atoms. The van der Waals surface area contributed by atoms with Crippen LogP contribution in [0.25, 0.3) is 0 Å². The van der Waals surface area contributed by atoms with Crippen LogP contribution in [0.5, 0.6) is 0 Å². The zero-order chi connectivity index (χ0) is 21.8. The SMILES string of the molecule is Cc1ccc(C)c(NC(=O)C(Sc2nnc(CN3CCCC3=O)o2)c2ccccc2)c1. The van der Waals surface area contributed by atoms with Crippen molar-refractivity contribution in [1.29, 1.82) is 0 Å². The summed E-state index contributed by atoms with van der Waals surface area (Å²) in [4.78, 5) is 26.8. The standard InChI is InChI=1S/C23H24N4O3S/c1-15-10-11-16(2)18(13-15)24-22(29)21(17-7-4-3-5-8-17)31-23-26-25-19(30-23)14-27-12-6-9-20(27)28/h3-5,7-8,10-11,13,21H,6,9,12,14H2,1-2H3,(H,24,29). The maximum absolute atomic E-state index is 13.2. The summed E-state index contributed by atoms with van der Waals surface area (Å²) >= 11 is 1.20. The van der Waals surface area contributed by atoms with Crippen LogP contribution in [-0.4, -0.2) is 33.5 Å². The van der Waals surface area contributed by atoms with E-state index in [1.165, 1.54) is 11.8 Å². The molecule has 2 amide bonds. The fraction of sp³-hybridized carbons (Fsp3) is 0.304. The fourth-order valence-electron chi connectivity index (χ4n) is 3.45. The van der Waals surface area contributed by atoms with Gasteiger partial charge in [-0.15, -0.1) is 10.2 Å². The number of nitrogens with one attached hydrogen (secondary N) is 1. The molecule has 1 atom stereocenters. The van der Waals surface area contributed by atoms with Crippen molar-refractivity contribution in [3.63, 3.8) is 0 Å². The number of hydrogen-bond donors (Lipinski definition) is 1. The first kappa shape index (κ1) is 21.1. The number of rotatable bonds is 7. The van der Waals surface area contributed by atoms with Crippen molar-refractivity contribution < 1.29 is 14.0 Å². The Morgan fingerprint density at radius 1 is 1.19 bits per heavy atom. The molecule has 1 aliphatic rings. The Morgan fingerprint density at radius 3 is 2.74 bits per heavy atom. The molecule has 0 saturated carbocycles. The van der Waals surface area contributed by atoms with Crippen LogP contribution in [0.4, 0.5) is 5.69 Å². The van der Waals surface area contributed by atoms with Crippen molar-refractivity contribution in [2.45, 2.75) is 43.7 Å². The lowest BCUT2D eigenvalue weighted by Crippen LogP contribution is -2.23. The van der Waals surface area contributed by atoms with Crippen LogP contribution in [0.1, 0.15) is 40.7 Å². The molecular formula is C23H24N4O3S. The van der Waals surface area contributed by atoms with Crippen LogP contribution in [-0.2, 0) is 16.1 Å². The van der Waals surface area contributed by atoms with E-state index in [1.54, 1.807) is 4.90 Å². The average molecular weight is 437 g/mol. The van der Waals surface area contributed by atoms with E-state index in [0.717, 1.165) is 28.8 Å². The third-order valence-corrected chi connectivity index (χ3v) is 6.24. The molecule has 1 N–H and O–H groups in total. The van der Waals surface area contributed by atoms with Crippen molar-refractivity contribution in [3.05, 3.63) is 71.1 Å². The molecule has 8 heteroatoms. The molecule has 2 aromatic carbocycles. The van der Waals surface area contributed by atoms with Gasteiger partial charge in [-0.05, 0) is 54.8 Å². The summed E-state index contributed by atoms with van der Waals surface area (Å²) in [7, 11) is 0. The number of carbonyl (C=O) groups excluding carboxylic acids is 2. The number of benzene rings is 2. The third-order valence-electron chi connectivity index (χ3n) is 5.16. The average Bonchev–Trinajstić information content (AvgIpc) is 3.38. The summed E-state index contributed by atoms with van der Waals surface area (Å²) in [5.41, 5.74) is 3.68. The highest BCUT2D eigenvalue weighted by Crippen LogP contribution is 2.36. The zero-order valence-corrected chi connectivity index (χ0v) is 18.3. The van der Waals surface area contributed by atoms with Gasteiger partial charge in [0.1, 0.15) is 5.25 Å². The first-order valence-electron chi connectivity index (χ1n) is 10.2. The lowest BCUT2D eigenvalue weighted by Gasteiger charge is -2.16. The van der Waals surface area contributed by atoms with Crippen molar-refractivity contribution >= 4 is 29.3 Å². The minimum atomic E-state index is -0.567. The van der Waals surface area contributed by atoms with Crippen LogP contribution in [0, 0.1) is 13.8 Å². The lowest BCUT2D eigenvalue weighted by molar-refractivity contribution is -0.128. The highest BCUT2D eigenvalue weighted by Gasteiger charge is 2.27. The number of aromatic nitrogens is 2. The fourth-order valence-corrected chi connectivity index (χ4v) is 4.35. The van der Waals surface area contributed by atoms with Gasteiger partial charge in [0.25, 0.3) is 5.22 Å². The largest absolute Gasteiger partial charge is 0.414 e. The minimum Gasteiger partial charge on any atom is -0.414 e. The number of likely N-dealkylation sites (tertiary alicyclic amines) is 1. The Hall–Kier alpha value is -3.13. The predicted octanol–water partition coefficient (Wildman–Crippen LogP) is 4.28. The number of amides is 2. The minimum absolute atomic E-state index is 0.0995. The molecule has 2 heterocycles. The molecular weight excluding hydrogens is 412 g/mol. The highest BCUT2D eigenvalue weighted by atomic mass is 32.2. The Morgan fingerprint density at radius 2 is 2.00 bits per heavy atom. The van der Waals surface area contributed by atoms with Gasteiger partial charge in [-0.3, -0.25) is 9.59 Å². The Bertz CT molecular complexity index is 1080. The van der Waals surface area contributed by atoms with E-state index < -0.39 is 5.25 Å². The van der Waals surface area contributed by atoms with Gasteiger partial charge in [0.05, 0.1) is 6.54 Å². The summed E-state index contributed by atoms with van der Waals surface area (Å²) < 4.78 is 5.76. The van der Waals surface area contributed by atoms with Gasteiger partial charge < -0.3 is 14.6 Å². The number of nitrogens with zero attached hydrogens (tertiary/aromatic N) is 3. The van der Waals surface area contributed by atoms with Gasteiger partial charge in [0, 0.05) is 18.7 Å². The van der Waals surface area contributed by atoms with Gasteiger partial charge in [-0.2, -0.15) is 0 Å². The molecule has 31 heavy (non-hydrogen) atoms. The van der Waals surface area contributed by atoms with E-state index in [-0.39, 0.29) is 11.8 Å². The first-order chi connectivity index (χ1) is 15.0. The summed E-state index contributed by atoms with van der Waals surface area (Å²) in [5, 5.41) is 10.9. The second-order valence-corrected chi connectivity index (χ2v) is 8.65. The summed E-state index contributed by atoms with van der Waals surface area (Å²) in [5.74, 6) is 0.307. The smallest absolute Gasteiger partial charge is 0.277 e. The summed E-state index contributed by atoms with van der Waals surface area (Å²) in [6.45, 7) is 4.96. The van der Waals surface area contributed by atoms with Crippen molar-refractivity contribution in [2.24, 2.45) is 0 Å². The number of carbonyl (C=O) groups is 2. The lowest BCUT2D eigenvalue weighted by atomic mass is 10.1. The zero-order valence-electron chi connectivity index (χ0n) is 17.5. The topological polar surface area (TPSA) is 88.3 Å². The molecule has 4 rings (SSSR count). The predicted molar refractivity (Wildman–Crippen MR) is 119 cm³/mol. The molecule has 1 aliphatic heterocycles. The van der Waals surface area contributed by atoms with E-state index in [4.69, 9.17) is 4.42 Å². The van der Waals surface area contributed by atoms with Gasteiger partial charge in [0.2, 0.25) is 17.7 Å². The summed E-state index contributed by atoms with van der Waals surface area (Å²) in [6, 6.07) is 15.5. The van der Waals surface area contributed by atoms with E-state index in [1.807, 2.05) is 62.4 Å². The summed E-state index contributed by atoms with van der Waals surface area (Å²) in [6.07, 6.45) is 1.41. The number of anilines is 1. The van der Waals surface area contributed by atoms with Crippen LogP contribution in [0.3, 0.4) is 0 Å². The van der Waals surface area contributed by atoms with Crippen molar-refractivity contribution in [2.75, 3.05) is 11.9 Å². The van der Waals surface area contributed by atoms with Crippen molar-refractivity contribution in [1.82, 2.24) is 15.1 Å². The molecule has 0 radical (unpaired) electrons. The van der Waals surface area contributed by atoms with Gasteiger partial charge in [-0.1, -0.05) is 42.5 Å². The van der Waals surface area contributed by atoms with Gasteiger partial charge in [-0.25, -0.2) is 0 Å². The van der Waals surface area contributed by atoms with Crippen molar-refractivity contribution in [3.8, 4) is 0 Å². The number of hydrogen-bond acceptors (Lipinski definition) is 6. The first-order valence-corrected chi connectivity index (χ1v) is 11.1. The van der Waals surface area contributed by atoms with E-state index in [0.29, 0.717) is 30.6 Å².